The van der Waals surface area contributed by atoms with Crippen molar-refractivity contribution in [3.8, 4) is 5.75 Å². The minimum Gasteiger partial charge on any atom is -0.491 e. The van der Waals surface area contributed by atoms with Crippen molar-refractivity contribution in [2.45, 2.75) is 25.3 Å². The number of halogens is 1. The van der Waals surface area contributed by atoms with Gasteiger partial charge in [-0.15, -0.1) is 0 Å². The summed E-state index contributed by atoms with van der Waals surface area (Å²) in [5, 5.41) is 4.12. The van der Waals surface area contributed by atoms with Crippen LogP contribution in [0.4, 0.5) is 0 Å². The fraction of sp³-hybridized carbons (Fsp3) is 0.500. The molecule has 1 aromatic carbocycles. The molecule has 0 atom stereocenters. The van der Waals surface area contributed by atoms with E-state index in [9.17, 15) is 0 Å². The van der Waals surface area contributed by atoms with Crippen LogP contribution in [0.5, 0.6) is 5.75 Å². The van der Waals surface area contributed by atoms with Crippen LogP contribution in [-0.4, -0.2) is 19.2 Å². The normalized spacial score (nSPS) is 16.1. The van der Waals surface area contributed by atoms with Crippen molar-refractivity contribution in [2.24, 2.45) is 0 Å². The van der Waals surface area contributed by atoms with E-state index in [0.717, 1.165) is 18.3 Å². The first-order valence-electron chi connectivity index (χ1n) is 5.47. The lowest BCUT2D eigenvalue weighted by atomic mass is 9.93. The average Bonchev–Trinajstić information content (AvgIpc) is 2.17. The van der Waals surface area contributed by atoms with E-state index in [0.29, 0.717) is 11.6 Å². The summed E-state index contributed by atoms with van der Waals surface area (Å²) in [6, 6.07) is 8.30. The van der Waals surface area contributed by atoms with E-state index in [1.807, 2.05) is 24.3 Å². The Bertz CT molecular complexity index is 312. The van der Waals surface area contributed by atoms with E-state index in [4.69, 9.17) is 16.3 Å². The molecule has 2 nitrogen and oxygen atoms in total. The third-order valence-electron chi connectivity index (χ3n) is 2.73. The summed E-state index contributed by atoms with van der Waals surface area (Å²) in [6.07, 6.45) is 3.99. The molecule has 82 valence electrons. The van der Waals surface area contributed by atoms with E-state index in [1.54, 1.807) is 0 Å². The van der Waals surface area contributed by atoms with Gasteiger partial charge in [-0.1, -0.05) is 30.2 Å². The number of nitrogens with one attached hydrogen (secondary N) is 1. The highest BCUT2D eigenvalue weighted by Gasteiger charge is 2.15. The van der Waals surface area contributed by atoms with Gasteiger partial charge in [0, 0.05) is 12.6 Å². The predicted molar refractivity (Wildman–Crippen MR) is 62.6 cm³/mol. The Morgan fingerprint density at radius 2 is 2.13 bits per heavy atom. The van der Waals surface area contributed by atoms with Crippen LogP contribution >= 0.6 is 11.6 Å². The lowest BCUT2D eigenvalue weighted by molar-refractivity contribution is 0.276. The molecule has 1 fully saturated rings. The van der Waals surface area contributed by atoms with E-state index in [-0.39, 0.29) is 0 Å². The molecular formula is C12H16ClNO. The van der Waals surface area contributed by atoms with Gasteiger partial charge in [0.15, 0.2) is 0 Å². The highest BCUT2D eigenvalue weighted by molar-refractivity contribution is 6.32. The molecule has 1 saturated carbocycles. The summed E-state index contributed by atoms with van der Waals surface area (Å²) >= 11 is 5.96. The Labute approximate surface area is 95.6 Å². The molecule has 0 unspecified atom stereocenters. The largest absolute Gasteiger partial charge is 0.491 e. The van der Waals surface area contributed by atoms with Crippen LogP contribution in [0.2, 0.25) is 5.02 Å². The van der Waals surface area contributed by atoms with Gasteiger partial charge in [0.25, 0.3) is 0 Å². The Morgan fingerprint density at radius 3 is 2.80 bits per heavy atom. The van der Waals surface area contributed by atoms with Gasteiger partial charge < -0.3 is 10.1 Å². The molecule has 15 heavy (non-hydrogen) atoms. The number of hydrogen-bond donors (Lipinski definition) is 1. The number of rotatable bonds is 5. The summed E-state index contributed by atoms with van der Waals surface area (Å²) in [5.41, 5.74) is 0. The molecule has 2 rings (SSSR count). The zero-order valence-electron chi connectivity index (χ0n) is 8.71. The molecular weight excluding hydrogens is 210 g/mol. The molecule has 1 aromatic rings. The van der Waals surface area contributed by atoms with Gasteiger partial charge >= 0.3 is 0 Å². The van der Waals surface area contributed by atoms with E-state index in [2.05, 4.69) is 5.32 Å². The van der Waals surface area contributed by atoms with Crippen molar-refractivity contribution >= 4 is 11.6 Å². The van der Waals surface area contributed by atoms with Crippen molar-refractivity contribution in [2.75, 3.05) is 13.2 Å². The minimum atomic E-state index is 0.681. The van der Waals surface area contributed by atoms with Crippen LogP contribution in [-0.2, 0) is 0 Å². The summed E-state index contributed by atoms with van der Waals surface area (Å²) < 4.78 is 5.56. The SMILES string of the molecule is Clc1ccccc1OCCNC1CCC1. The van der Waals surface area contributed by atoms with Crippen molar-refractivity contribution < 1.29 is 4.74 Å². The zero-order chi connectivity index (χ0) is 10.5. The van der Waals surface area contributed by atoms with E-state index >= 15 is 0 Å². The van der Waals surface area contributed by atoms with Crippen molar-refractivity contribution in [3.63, 3.8) is 0 Å². The Morgan fingerprint density at radius 1 is 1.33 bits per heavy atom. The molecule has 1 aliphatic carbocycles. The summed E-state index contributed by atoms with van der Waals surface area (Å²) in [7, 11) is 0. The second kappa shape index (κ2) is 5.38. The highest BCUT2D eigenvalue weighted by Crippen LogP contribution is 2.23. The molecule has 0 bridgehead atoms. The van der Waals surface area contributed by atoms with Gasteiger partial charge in [0.1, 0.15) is 12.4 Å². The second-order valence-corrected chi connectivity index (χ2v) is 4.27. The summed E-state index contributed by atoms with van der Waals surface area (Å²) in [5.74, 6) is 0.773. The number of benzene rings is 1. The summed E-state index contributed by atoms with van der Waals surface area (Å²) in [4.78, 5) is 0. The number of para-hydroxylation sites is 1. The van der Waals surface area contributed by atoms with Crippen molar-refractivity contribution in [1.82, 2.24) is 5.32 Å². The van der Waals surface area contributed by atoms with Crippen LogP contribution in [0.25, 0.3) is 0 Å². The molecule has 0 amide bonds. The molecule has 0 heterocycles. The molecule has 0 radical (unpaired) electrons. The van der Waals surface area contributed by atoms with Crippen LogP contribution in [0.3, 0.4) is 0 Å². The Hall–Kier alpha value is -0.730. The molecule has 0 spiro atoms. The maximum absolute atomic E-state index is 5.96. The fourth-order valence-corrected chi connectivity index (χ4v) is 1.79. The van der Waals surface area contributed by atoms with E-state index in [1.165, 1.54) is 19.3 Å². The highest BCUT2D eigenvalue weighted by atomic mass is 35.5. The van der Waals surface area contributed by atoms with Crippen LogP contribution in [0.1, 0.15) is 19.3 Å². The predicted octanol–water partition coefficient (Wildman–Crippen LogP) is 2.86. The average molecular weight is 226 g/mol. The minimum absolute atomic E-state index is 0.681. The van der Waals surface area contributed by atoms with Crippen LogP contribution < -0.4 is 10.1 Å². The lowest BCUT2D eigenvalue weighted by Crippen LogP contribution is -2.37. The first kappa shape index (κ1) is 10.8. The second-order valence-electron chi connectivity index (χ2n) is 3.86. The first-order valence-corrected chi connectivity index (χ1v) is 5.85. The molecule has 0 aromatic heterocycles. The smallest absolute Gasteiger partial charge is 0.137 e. The van der Waals surface area contributed by atoms with Crippen LogP contribution in [0.15, 0.2) is 24.3 Å². The first-order chi connectivity index (χ1) is 7.36. The maximum atomic E-state index is 5.96. The fourth-order valence-electron chi connectivity index (χ4n) is 1.60. The quantitative estimate of drug-likeness (QED) is 0.779. The standard InChI is InChI=1S/C12H16ClNO/c13-11-6-1-2-7-12(11)15-9-8-14-10-4-3-5-10/h1-2,6-7,10,14H,3-5,8-9H2. The van der Waals surface area contributed by atoms with Gasteiger partial charge in [-0.3, -0.25) is 0 Å². The molecule has 3 heteroatoms. The van der Waals surface area contributed by atoms with Crippen molar-refractivity contribution in [1.29, 1.82) is 0 Å². The van der Waals surface area contributed by atoms with Gasteiger partial charge in [0.2, 0.25) is 0 Å². The maximum Gasteiger partial charge on any atom is 0.137 e. The number of hydrogen-bond acceptors (Lipinski definition) is 2. The lowest BCUT2D eigenvalue weighted by Gasteiger charge is -2.26. The van der Waals surface area contributed by atoms with Gasteiger partial charge in [-0.05, 0) is 25.0 Å². The Balaban J connectivity index is 1.66. The van der Waals surface area contributed by atoms with Gasteiger partial charge in [-0.2, -0.15) is 0 Å². The third kappa shape index (κ3) is 3.11. The topological polar surface area (TPSA) is 21.3 Å². The van der Waals surface area contributed by atoms with Gasteiger partial charge in [0.05, 0.1) is 5.02 Å². The van der Waals surface area contributed by atoms with E-state index < -0.39 is 0 Å². The van der Waals surface area contributed by atoms with Crippen molar-refractivity contribution in [3.05, 3.63) is 29.3 Å². The Kier molecular flexibility index (Phi) is 3.87. The van der Waals surface area contributed by atoms with Gasteiger partial charge in [-0.25, -0.2) is 0 Å². The third-order valence-corrected chi connectivity index (χ3v) is 3.05. The molecule has 1 aliphatic rings. The number of ether oxygens (including phenoxy) is 1. The zero-order valence-corrected chi connectivity index (χ0v) is 9.46. The molecule has 0 saturated heterocycles. The summed E-state index contributed by atoms with van der Waals surface area (Å²) in [6.45, 7) is 1.58. The molecule has 0 aliphatic heterocycles. The van der Waals surface area contributed by atoms with Crippen LogP contribution in [0, 0.1) is 0 Å². The molecule has 1 N–H and O–H groups in total. The monoisotopic (exact) mass is 225 g/mol.